The van der Waals surface area contributed by atoms with Gasteiger partial charge in [0.05, 0.1) is 23.1 Å². The van der Waals surface area contributed by atoms with Gasteiger partial charge in [-0.05, 0) is 49.3 Å². The number of phenolic OH excluding ortho intramolecular Hbond substituents is 2. The average molecular weight is 418 g/mol. The maximum Gasteiger partial charge on any atom is 0.200 e. The number of rotatable bonds is 4. The lowest BCUT2D eigenvalue weighted by molar-refractivity contribution is 0.447. The van der Waals surface area contributed by atoms with Crippen molar-refractivity contribution < 1.29 is 10.2 Å². The summed E-state index contributed by atoms with van der Waals surface area (Å²) in [6.45, 7) is 4.80. The summed E-state index contributed by atoms with van der Waals surface area (Å²) in [4.78, 5) is 4.54. The third-order valence-electron chi connectivity index (χ3n) is 4.70. The zero-order valence-electron chi connectivity index (χ0n) is 15.4. The standard InChI is InChI=1S/C19H19N5O2S.ClH/c1-3-11-8-12(16(26)9-15(11)25)18-21-22-19(27)24(18)14-7-5-6-13-17(14)20-10-23(13)4-2;/h5-10,25-26H,3-4H2,1-2H3,(H,22,27);1H. The first kappa shape index (κ1) is 19.9. The van der Waals surface area contributed by atoms with Gasteiger partial charge in [-0.2, -0.15) is 5.10 Å². The second kappa shape index (κ2) is 7.65. The molecule has 0 bridgehead atoms. The van der Waals surface area contributed by atoms with Crippen LogP contribution in [0.2, 0.25) is 0 Å². The molecule has 0 amide bonds. The van der Waals surface area contributed by atoms with E-state index in [-0.39, 0.29) is 23.9 Å². The number of fused-ring (bicyclic) bond motifs is 1. The number of hydrogen-bond donors (Lipinski definition) is 3. The van der Waals surface area contributed by atoms with Gasteiger partial charge in [-0.25, -0.2) is 4.98 Å². The summed E-state index contributed by atoms with van der Waals surface area (Å²) in [6, 6.07) is 8.94. The molecule has 0 aliphatic heterocycles. The molecule has 28 heavy (non-hydrogen) atoms. The number of hydrogen-bond acceptors (Lipinski definition) is 5. The Balaban J connectivity index is 0.00000225. The van der Waals surface area contributed by atoms with Gasteiger partial charge in [0, 0.05) is 12.6 Å². The van der Waals surface area contributed by atoms with Crippen molar-refractivity contribution in [3.05, 3.63) is 47.0 Å². The maximum absolute atomic E-state index is 10.4. The number of nitrogens with one attached hydrogen (secondary N) is 1. The minimum atomic E-state index is -0.0637. The number of para-hydroxylation sites is 1. The van der Waals surface area contributed by atoms with Gasteiger partial charge in [0.25, 0.3) is 0 Å². The average Bonchev–Trinajstić information content (AvgIpc) is 3.25. The van der Waals surface area contributed by atoms with Gasteiger partial charge >= 0.3 is 0 Å². The minimum Gasteiger partial charge on any atom is -0.508 e. The number of aryl methyl sites for hydroxylation is 2. The Morgan fingerprint density at radius 2 is 1.93 bits per heavy atom. The molecule has 2 aromatic carbocycles. The largest absolute Gasteiger partial charge is 0.508 e. The summed E-state index contributed by atoms with van der Waals surface area (Å²) in [6.07, 6.45) is 2.42. The number of benzene rings is 2. The number of aromatic hydroxyl groups is 2. The first-order valence-corrected chi connectivity index (χ1v) is 9.12. The van der Waals surface area contributed by atoms with Crippen LogP contribution in [-0.4, -0.2) is 34.5 Å². The first-order valence-electron chi connectivity index (χ1n) is 8.72. The van der Waals surface area contributed by atoms with Crippen LogP contribution in [0.3, 0.4) is 0 Å². The van der Waals surface area contributed by atoms with Crippen LogP contribution in [0.15, 0.2) is 36.7 Å². The van der Waals surface area contributed by atoms with Crippen LogP contribution in [0.25, 0.3) is 28.1 Å². The highest BCUT2D eigenvalue weighted by molar-refractivity contribution is 7.71. The molecule has 0 radical (unpaired) electrons. The number of imidazole rings is 1. The Labute approximate surface area is 172 Å². The molecule has 146 valence electrons. The fourth-order valence-corrected chi connectivity index (χ4v) is 3.52. The Bertz CT molecular complexity index is 1210. The lowest BCUT2D eigenvalue weighted by Crippen LogP contribution is -2.00. The van der Waals surface area contributed by atoms with Gasteiger partial charge in [-0.15, -0.1) is 12.4 Å². The fourth-order valence-electron chi connectivity index (χ4n) is 3.29. The Kier molecular flexibility index (Phi) is 5.44. The monoisotopic (exact) mass is 417 g/mol. The minimum absolute atomic E-state index is 0. The predicted molar refractivity (Wildman–Crippen MR) is 113 cm³/mol. The van der Waals surface area contributed by atoms with Crippen molar-refractivity contribution in [3.8, 4) is 28.6 Å². The Hall–Kier alpha value is -2.84. The van der Waals surface area contributed by atoms with E-state index < -0.39 is 0 Å². The first-order chi connectivity index (χ1) is 13.0. The molecule has 2 heterocycles. The SMILES string of the molecule is CCc1cc(-c2n[nH]c(=S)n2-c2cccc3c2ncn3CC)c(O)cc1O.Cl. The highest BCUT2D eigenvalue weighted by Gasteiger charge is 2.19. The van der Waals surface area contributed by atoms with Crippen molar-refractivity contribution in [1.29, 1.82) is 0 Å². The quantitative estimate of drug-likeness (QED) is 0.429. The molecule has 0 saturated carbocycles. The topological polar surface area (TPSA) is 91.9 Å². The van der Waals surface area contributed by atoms with Crippen molar-refractivity contribution in [1.82, 2.24) is 24.3 Å². The normalized spacial score (nSPS) is 10.9. The van der Waals surface area contributed by atoms with Crippen molar-refractivity contribution in [2.75, 3.05) is 0 Å². The van der Waals surface area contributed by atoms with Crippen LogP contribution in [0.4, 0.5) is 0 Å². The molecule has 0 unspecified atom stereocenters. The van der Waals surface area contributed by atoms with E-state index in [4.69, 9.17) is 12.2 Å². The zero-order chi connectivity index (χ0) is 19.1. The summed E-state index contributed by atoms with van der Waals surface area (Å²) in [5.74, 6) is 0.459. The number of aromatic amines is 1. The van der Waals surface area contributed by atoms with E-state index in [9.17, 15) is 10.2 Å². The number of aromatic nitrogens is 5. The highest BCUT2D eigenvalue weighted by atomic mass is 35.5. The highest BCUT2D eigenvalue weighted by Crippen LogP contribution is 2.36. The number of halogens is 1. The third kappa shape index (κ3) is 3.04. The third-order valence-corrected chi connectivity index (χ3v) is 4.98. The van der Waals surface area contributed by atoms with Gasteiger partial charge in [-0.1, -0.05) is 13.0 Å². The second-order valence-electron chi connectivity index (χ2n) is 6.21. The maximum atomic E-state index is 10.4. The van der Waals surface area contributed by atoms with Crippen LogP contribution in [0.1, 0.15) is 19.4 Å². The smallest absolute Gasteiger partial charge is 0.200 e. The molecule has 0 atom stereocenters. The number of nitrogens with zero attached hydrogens (tertiary/aromatic N) is 4. The molecule has 7 nitrogen and oxygen atoms in total. The predicted octanol–water partition coefficient (Wildman–Crippen LogP) is 4.36. The van der Waals surface area contributed by atoms with Crippen LogP contribution < -0.4 is 0 Å². The summed E-state index contributed by atoms with van der Waals surface area (Å²) in [5, 5.41) is 27.6. The lowest BCUT2D eigenvalue weighted by Gasteiger charge is -2.11. The molecule has 9 heteroatoms. The van der Waals surface area contributed by atoms with E-state index in [0.29, 0.717) is 22.6 Å². The van der Waals surface area contributed by atoms with Crippen molar-refractivity contribution in [2.24, 2.45) is 0 Å². The van der Waals surface area contributed by atoms with Gasteiger partial charge in [0.15, 0.2) is 10.6 Å². The van der Waals surface area contributed by atoms with Gasteiger partial charge in [0.2, 0.25) is 0 Å². The molecular weight excluding hydrogens is 398 g/mol. The molecule has 0 aliphatic rings. The lowest BCUT2D eigenvalue weighted by atomic mass is 10.1. The fraction of sp³-hybridized carbons (Fsp3) is 0.211. The van der Waals surface area contributed by atoms with Crippen LogP contribution in [0.5, 0.6) is 11.5 Å². The summed E-state index contributed by atoms with van der Waals surface area (Å²) in [5.41, 5.74) is 3.78. The Morgan fingerprint density at radius 3 is 2.64 bits per heavy atom. The van der Waals surface area contributed by atoms with Gasteiger partial charge < -0.3 is 14.8 Å². The van der Waals surface area contributed by atoms with E-state index in [2.05, 4.69) is 26.7 Å². The molecule has 0 spiro atoms. The van der Waals surface area contributed by atoms with Crippen LogP contribution >= 0.6 is 24.6 Å². The van der Waals surface area contributed by atoms with E-state index in [1.807, 2.05) is 25.1 Å². The van der Waals surface area contributed by atoms with E-state index >= 15 is 0 Å². The van der Waals surface area contributed by atoms with Crippen molar-refractivity contribution >= 4 is 35.7 Å². The van der Waals surface area contributed by atoms with E-state index in [1.54, 1.807) is 17.0 Å². The van der Waals surface area contributed by atoms with Gasteiger partial charge in [0.1, 0.15) is 17.0 Å². The van der Waals surface area contributed by atoms with Crippen LogP contribution in [-0.2, 0) is 13.0 Å². The molecule has 3 N–H and O–H groups in total. The molecule has 0 aliphatic carbocycles. The summed E-state index contributed by atoms with van der Waals surface area (Å²) < 4.78 is 4.21. The molecule has 0 fully saturated rings. The Morgan fingerprint density at radius 1 is 1.14 bits per heavy atom. The van der Waals surface area contributed by atoms with E-state index in [1.165, 1.54) is 6.07 Å². The molecule has 0 saturated heterocycles. The summed E-state index contributed by atoms with van der Waals surface area (Å²) >= 11 is 5.46. The van der Waals surface area contributed by atoms with Gasteiger partial charge in [-0.3, -0.25) is 9.67 Å². The summed E-state index contributed by atoms with van der Waals surface area (Å²) in [7, 11) is 0. The number of phenols is 2. The molecule has 4 aromatic rings. The molecular formula is C19H20ClN5O2S. The zero-order valence-corrected chi connectivity index (χ0v) is 17.0. The second-order valence-corrected chi connectivity index (χ2v) is 6.60. The van der Waals surface area contributed by atoms with E-state index in [0.717, 1.165) is 28.8 Å². The number of H-pyrrole nitrogens is 1. The molecule has 2 aromatic heterocycles. The van der Waals surface area contributed by atoms with Crippen molar-refractivity contribution in [2.45, 2.75) is 26.8 Å². The van der Waals surface area contributed by atoms with Crippen LogP contribution in [0, 0.1) is 4.77 Å². The van der Waals surface area contributed by atoms with Crippen molar-refractivity contribution in [3.63, 3.8) is 0 Å². The molecule has 4 rings (SSSR count).